The quantitative estimate of drug-likeness (QED) is 0.0243. The molecule has 0 fully saturated rings. The molecule has 0 spiro atoms. The number of quaternary nitrogens is 1. The summed E-state index contributed by atoms with van der Waals surface area (Å²) < 4.78 is 23.8. The first kappa shape index (κ1) is 75.6. The van der Waals surface area contributed by atoms with Crippen molar-refractivity contribution in [2.24, 2.45) is 0 Å². The molecule has 0 aliphatic carbocycles. The highest BCUT2D eigenvalue weighted by Gasteiger charge is 2.28. The Morgan fingerprint density at radius 1 is 0.443 bits per heavy atom. The number of amides is 1. The highest BCUT2D eigenvalue weighted by atomic mass is 31.2. The molecular formula is C70H122N2O6P+. The summed E-state index contributed by atoms with van der Waals surface area (Å²) in [6, 6.07) is -0.790. The maximum atomic E-state index is 13.0. The molecule has 8 nitrogen and oxygen atoms in total. The number of phosphoric ester groups is 1. The zero-order valence-electron chi connectivity index (χ0n) is 51.6. The average Bonchev–Trinajstić information content (AvgIpc) is 3.42. The number of likely N-dealkylation sites (N-methyl/N-ethyl adjacent to an activating group) is 1. The number of unbranched alkanes of at least 4 members (excludes halogenated alkanes) is 22. The molecule has 452 valence electrons. The van der Waals surface area contributed by atoms with Gasteiger partial charge in [-0.15, -0.1) is 0 Å². The van der Waals surface area contributed by atoms with Gasteiger partial charge in [0.2, 0.25) is 5.91 Å². The van der Waals surface area contributed by atoms with Crippen LogP contribution < -0.4 is 5.32 Å². The van der Waals surface area contributed by atoms with E-state index in [0.29, 0.717) is 23.9 Å². The Labute approximate surface area is 487 Å². The minimum atomic E-state index is -4.35. The normalized spacial score (nSPS) is 14.7. The molecule has 0 radical (unpaired) electrons. The number of allylic oxidation sites excluding steroid dienone is 22. The van der Waals surface area contributed by atoms with Crippen LogP contribution in [0.1, 0.15) is 251 Å². The van der Waals surface area contributed by atoms with E-state index in [0.717, 1.165) is 116 Å². The molecule has 9 heteroatoms. The van der Waals surface area contributed by atoms with Crippen molar-refractivity contribution in [1.82, 2.24) is 5.32 Å². The molecule has 0 aromatic carbocycles. The van der Waals surface area contributed by atoms with E-state index < -0.39 is 20.0 Å². The van der Waals surface area contributed by atoms with E-state index in [-0.39, 0.29) is 19.1 Å². The van der Waals surface area contributed by atoms with Gasteiger partial charge in [-0.3, -0.25) is 13.8 Å². The Balaban J connectivity index is 4.23. The van der Waals surface area contributed by atoms with Crippen LogP contribution in [0.4, 0.5) is 0 Å². The fraction of sp³-hybridized carbons (Fsp3) is 0.671. The van der Waals surface area contributed by atoms with E-state index in [9.17, 15) is 19.4 Å². The lowest BCUT2D eigenvalue weighted by Gasteiger charge is -2.26. The second-order valence-corrected chi connectivity index (χ2v) is 23.9. The van der Waals surface area contributed by atoms with Gasteiger partial charge < -0.3 is 19.8 Å². The van der Waals surface area contributed by atoms with Crippen LogP contribution in [0, 0.1) is 0 Å². The zero-order valence-corrected chi connectivity index (χ0v) is 52.5. The van der Waals surface area contributed by atoms with Gasteiger partial charge in [0.1, 0.15) is 13.2 Å². The van der Waals surface area contributed by atoms with E-state index in [1.165, 1.54) is 109 Å². The van der Waals surface area contributed by atoms with E-state index in [2.05, 4.69) is 153 Å². The van der Waals surface area contributed by atoms with Crippen molar-refractivity contribution in [3.8, 4) is 0 Å². The van der Waals surface area contributed by atoms with Gasteiger partial charge in [0.05, 0.1) is 39.9 Å². The summed E-state index contributed by atoms with van der Waals surface area (Å²) in [7, 11) is 1.58. The Bertz CT molecular complexity index is 1750. The lowest BCUT2D eigenvalue weighted by atomic mass is 10.0. The van der Waals surface area contributed by atoms with Gasteiger partial charge in [0.15, 0.2) is 0 Å². The molecule has 79 heavy (non-hydrogen) atoms. The zero-order chi connectivity index (χ0) is 57.7. The molecule has 0 saturated heterocycles. The first-order valence-electron chi connectivity index (χ1n) is 32.0. The standard InChI is InChI=1S/C70H121N2O6P/c1-6-8-10-12-14-16-18-20-22-24-26-28-29-30-31-32-33-34-35-36-37-38-39-40-41-42-43-44-46-48-50-52-54-56-58-60-62-64-70(74)71-68(67-78-79(75,76)77-66-65-72(3,4)5)69(73)63-61-59-57-55-53-51-49-47-45-27-25-23-21-19-17-15-13-11-9-7-2/h8,10,14,16,20,22,26,28,30-31,33-34,36-37,39-40,42-43,46,48,52,54,68-69,73H,6-7,9,11-13,15,17-19,21,23-25,27,29,32,35,38,41,44-45,47,49-51,53,55-67H2,1-5H3,(H-,71,74,75,76)/p+1/b10-8-,16-14-,22-20-,28-26-,31-30-,34-33-,37-36-,40-39-,43-42-,48-46-,54-52-. The Morgan fingerprint density at radius 2 is 0.759 bits per heavy atom. The first-order chi connectivity index (χ1) is 38.5. The minimum absolute atomic E-state index is 0.0611. The predicted octanol–water partition coefficient (Wildman–Crippen LogP) is 20.3. The number of hydrogen-bond acceptors (Lipinski definition) is 5. The number of rotatable bonds is 57. The fourth-order valence-electron chi connectivity index (χ4n) is 8.70. The van der Waals surface area contributed by atoms with Crippen LogP contribution >= 0.6 is 7.82 Å². The highest BCUT2D eigenvalue weighted by Crippen LogP contribution is 2.43. The van der Waals surface area contributed by atoms with E-state index in [1.807, 2.05) is 21.1 Å². The SMILES string of the molecule is CC/C=C\C/C=C\C/C=C\C/C=C\C/C=C\C/C=C\C/C=C\C/C=C\C/C=C\C/C=C\C/C=C\CCCCCC(=O)NC(COP(=O)(O)OCC[N+](C)(C)C)C(O)CCCCCCCCCCCCCCCCCCCCCC. The smallest absolute Gasteiger partial charge is 0.391 e. The molecule has 0 aliphatic rings. The maximum Gasteiger partial charge on any atom is 0.472 e. The minimum Gasteiger partial charge on any atom is -0.391 e. The van der Waals surface area contributed by atoms with Gasteiger partial charge in [0.25, 0.3) is 0 Å². The molecule has 0 rings (SSSR count). The van der Waals surface area contributed by atoms with Gasteiger partial charge >= 0.3 is 7.82 Å². The number of carbonyl (C=O) groups excluding carboxylic acids is 1. The molecule has 1 amide bonds. The largest absolute Gasteiger partial charge is 0.472 e. The van der Waals surface area contributed by atoms with Crippen LogP contribution in [-0.2, 0) is 18.4 Å². The number of nitrogens with one attached hydrogen (secondary N) is 1. The third kappa shape index (κ3) is 62.1. The van der Waals surface area contributed by atoms with Crippen LogP contribution in [-0.4, -0.2) is 73.4 Å². The number of hydrogen-bond donors (Lipinski definition) is 3. The molecule has 0 heterocycles. The van der Waals surface area contributed by atoms with Gasteiger partial charge in [0, 0.05) is 6.42 Å². The first-order valence-corrected chi connectivity index (χ1v) is 33.5. The van der Waals surface area contributed by atoms with Crippen molar-refractivity contribution >= 4 is 13.7 Å². The van der Waals surface area contributed by atoms with Gasteiger partial charge in [-0.05, 0) is 96.3 Å². The summed E-state index contributed by atoms with van der Waals surface area (Å²) >= 11 is 0. The number of nitrogens with zero attached hydrogens (tertiary/aromatic N) is 1. The molecule has 0 saturated carbocycles. The summed E-state index contributed by atoms with van der Waals surface area (Å²) in [5, 5.41) is 14.1. The van der Waals surface area contributed by atoms with Crippen molar-refractivity contribution < 1.29 is 32.9 Å². The topological polar surface area (TPSA) is 105 Å². The van der Waals surface area contributed by atoms with E-state index in [4.69, 9.17) is 9.05 Å². The van der Waals surface area contributed by atoms with Crippen molar-refractivity contribution in [3.05, 3.63) is 134 Å². The fourth-order valence-corrected chi connectivity index (χ4v) is 9.43. The summed E-state index contributed by atoms with van der Waals surface area (Å²) in [6.07, 6.45) is 89.5. The molecule has 3 N–H and O–H groups in total. The second-order valence-electron chi connectivity index (χ2n) is 22.4. The van der Waals surface area contributed by atoms with Crippen LogP contribution in [0.5, 0.6) is 0 Å². The molecule has 0 aliphatic heterocycles. The highest BCUT2D eigenvalue weighted by molar-refractivity contribution is 7.47. The Morgan fingerprint density at radius 3 is 1.10 bits per heavy atom. The van der Waals surface area contributed by atoms with E-state index >= 15 is 0 Å². The molecular weight excluding hydrogens is 996 g/mol. The van der Waals surface area contributed by atoms with Crippen LogP contribution in [0.3, 0.4) is 0 Å². The van der Waals surface area contributed by atoms with Crippen LogP contribution in [0.15, 0.2) is 134 Å². The van der Waals surface area contributed by atoms with Crippen molar-refractivity contribution in [2.45, 2.75) is 264 Å². The van der Waals surface area contributed by atoms with Gasteiger partial charge in [-0.25, -0.2) is 4.57 Å². The summed E-state index contributed by atoms with van der Waals surface area (Å²) in [4.78, 5) is 23.4. The number of phosphoric acid groups is 1. The van der Waals surface area contributed by atoms with Crippen molar-refractivity contribution in [1.29, 1.82) is 0 Å². The second kappa shape index (κ2) is 59.3. The summed E-state index contributed by atoms with van der Waals surface area (Å²) in [5.74, 6) is -0.179. The Hall–Kier alpha value is -3.36. The summed E-state index contributed by atoms with van der Waals surface area (Å²) in [6.45, 7) is 4.75. The third-order valence-corrected chi connectivity index (χ3v) is 14.6. The van der Waals surface area contributed by atoms with Gasteiger partial charge in [-0.1, -0.05) is 282 Å². The lowest BCUT2D eigenvalue weighted by molar-refractivity contribution is -0.870. The monoisotopic (exact) mass is 1120 g/mol. The number of aliphatic hydroxyl groups is 1. The number of aliphatic hydroxyl groups excluding tert-OH is 1. The Kier molecular flexibility index (Phi) is 56.7. The van der Waals surface area contributed by atoms with Crippen molar-refractivity contribution in [3.63, 3.8) is 0 Å². The van der Waals surface area contributed by atoms with Gasteiger partial charge in [-0.2, -0.15) is 0 Å². The predicted molar refractivity (Wildman–Crippen MR) is 345 cm³/mol. The molecule has 0 aromatic heterocycles. The molecule has 0 aromatic rings. The molecule has 3 atom stereocenters. The summed E-state index contributed by atoms with van der Waals surface area (Å²) in [5.41, 5.74) is 0. The maximum absolute atomic E-state index is 13.0. The van der Waals surface area contributed by atoms with Crippen LogP contribution in [0.2, 0.25) is 0 Å². The average molecular weight is 1120 g/mol. The molecule has 3 unspecified atom stereocenters. The molecule has 0 bridgehead atoms. The number of carbonyl (C=O) groups is 1. The lowest BCUT2D eigenvalue weighted by Crippen LogP contribution is -2.46. The third-order valence-electron chi connectivity index (χ3n) is 13.7. The van der Waals surface area contributed by atoms with Crippen molar-refractivity contribution in [2.75, 3.05) is 40.9 Å². The van der Waals surface area contributed by atoms with Crippen LogP contribution in [0.25, 0.3) is 0 Å². The van der Waals surface area contributed by atoms with E-state index in [1.54, 1.807) is 0 Å².